The summed E-state index contributed by atoms with van der Waals surface area (Å²) in [5.41, 5.74) is 2.98. The number of amides is 1. The highest BCUT2D eigenvalue weighted by molar-refractivity contribution is 6.31. The topological polar surface area (TPSA) is 35.6 Å². The minimum atomic E-state index is -0.494. The summed E-state index contributed by atoms with van der Waals surface area (Å²) in [5.74, 6) is -0.612. The molecule has 0 atom stereocenters. The zero-order valence-electron chi connectivity index (χ0n) is 14.1. The Morgan fingerprint density at radius 2 is 1.92 bits per heavy atom. The molecular formula is C19H21ClFN3O. The SMILES string of the molecule is Cc1cccc(N2CCN(CC(=O)Nc3ccc(F)c(Cl)c3)CC2)c1. The van der Waals surface area contributed by atoms with Crippen molar-refractivity contribution in [2.75, 3.05) is 42.9 Å². The maximum absolute atomic E-state index is 13.2. The Kier molecular flexibility index (Phi) is 5.56. The van der Waals surface area contributed by atoms with Gasteiger partial charge in [-0.05, 0) is 42.8 Å². The van der Waals surface area contributed by atoms with Gasteiger partial charge in [-0.15, -0.1) is 0 Å². The van der Waals surface area contributed by atoms with Crippen LogP contribution in [0.4, 0.5) is 15.8 Å². The van der Waals surface area contributed by atoms with Gasteiger partial charge in [0.15, 0.2) is 0 Å². The van der Waals surface area contributed by atoms with Crippen molar-refractivity contribution >= 4 is 28.9 Å². The average molecular weight is 362 g/mol. The van der Waals surface area contributed by atoms with E-state index in [2.05, 4.69) is 46.3 Å². The van der Waals surface area contributed by atoms with E-state index >= 15 is 0 Å². The fourth-order valence-electron chi connectivity index (χ4n) is 2.97. The molecule has 25 heavy (non-hydrogen) atoms. The molecule has 0 aliphatic carbocycles. The van der Waals surface area contributed by atoms with Crippen LogP contribution in [-0.2, 0) is 4.79 Å². The minimum Gasteiger partial charge on any atom is -0.369 e. The van der Waals surface area contributed by atoms with Crippen molar-refractivity contribution in [3.05, 3.63) is 58.9 Å². The zero-order chi connectivity index (χ0) is 17.8. The molecule has 1 saturated heterocycles. The molecule has 0 bridgehead atoms. The molecule has 0 aromatic heterocycles. The summed E-state index contributed by atoms with van der Waals surface area (Å²) in [6.07, 6.45) is 0. The van der Waals surface area contributed by atoms with E-state index in [1.165, 1.54) is 29.4 Å². The summed E-state index contributed by atoms with van der Waals surface area (Å²) in [5, 5.41) is 2.77. The zero-order valence-corrected chi connectivity index (χ0v) is 14.9. The highest BCUT2D eigenvalue weighted by Gasteiger charge is 2.19. The summed E-state index contributed by atoms with van der Waals surface area (Å²) in [7, 11) is 0. The molecule has 2 aromatic carbocycles. The molecule has 1 aliphatic rings. The molecule has 4 nitrogen and oxygen atoms in total. The highest BCUT2D eigenvalue weighted by Crippen LogP contribution is 2.20. The van der Waals surface area contributed by atoms with Crippen LogP contribution >= 0.6 is 11.6 Å². The van der Waals surface area contributed by atoms with Crippen LogP contribution in [0.15, 0.2) is 42.5 Å². The standard InChI is InChI=1S/C19H21ClFN3O/c1-14-3-2-4-16(11-14)24-9-7-23(8-10-24)13-19(25)22-15-5-6-18(21)17(20)12-15/h2-6,11-12H,7-10,13H2,1H3,(H,22,25). The molecule has 1 N–H and O–H groups in total. The van der Waals surface area contributed by atoms with Gasteiger partial charge in [-0.3, -0.25) is 9.69 Å². The van der Waals surface area contributed by atoms with Gasteiger partial charge in [-0.25, -0.2) is 4.39 Å². The molecule has 0 saturated carbocycles. The molecule has 1 aliphatic heterocycles. The lowest BCUT2D eigenvalue weighted by atomic mass is 10.2. The number of benzene rings is 2. The van der Waals surface area contributed by atoms with E-state index in [4.69, 9.17) is 11.6 Å². The van der Waals surface area contributed by atoms with Crippen LogP contribution in [0.2, 0.25) is 5.02 Å². The van der Waals surface area contributed by atoms with Gasteiger partial charge in [0, 0.05) is 37.6 Å². The van der Waals surface area contributed by atoms with Crippen LogP contribution < -0.4 is 10.2 Å². The molecule has 3 rings (SSSR count). The number of anilines is 2. The number of hydrogen-bond donors (Lipinski definition) is 1. The molecule has 0 spiro atoms. The van der Waals surface area contributed by atoms with Crippen LogP contribution in [0.25, 0.3) is 0 Å². The summed E-state index contributed by atoms with van der Waals surface area (Å²) in [6, 6.07) is 12.6. The number of carbonyl (C=O) groups excluding carboxylic acids is 1. The van der Waals surface area contributed by atoms with Crippen molar-refractivity contribution < 1.29 is 9.18 Å². The Balaban J connectivity index is 1.50. The molecule has 1 heterocycles. The predicted octanol–water partition coefficient (Wildman–Crippen LogP) is 3.55. The van der Waals surface area contributed by atoms with Crippen LogP contribution in [-0.4, -0.2) is 43.5 Å². The molecule has 0 unspecified atom stereocenters. The van der Waals surface area contributed by atoms with E-state index in [1.807, 2.05) is 0 Å². The van der Waals surface area contributed by atoms with E-state index in [0.29, 0.717) is 12.2 Å². The molecule has 0 radical (unpaired) electrons. The van der Waals surface area contributed by atoms with Crippen molar-refractivity contribution in [2.24, 2.45) is 0 Å². The third kappa shape index (κ3) is 4.71. The van der Waals surface area contributed by atoms with E-state index < -0.39 is 5.82 Å². The monoisotopic (exact) mass is 361 g/mol. The second-order valence-corrected chi connectivity index (χ2v) is 6.69. The Morgan fingerprint density at radius 1 is 1.16 bits per heavy atom. The largest absolute Gasteiger partial charge is 0.369 e. The van der Waals surface area contributed by atoms with Gasteiger partial charge >= 0.3 is 0 Å². The number of carbonyl (C=O) groups is 1. The second kappa shape index (κ2) is 7.85. The first-order chi connectivity index (χ1) is 12.0. The van der Waals surface area contributed by atoms with E-state index in [0.717, 1.165) is 26.2 Å². The number of hydrogen-bond acceptors (Lipinski definition) is 3. The molecule has 1 amide bonds. The van der Waals surface area contributed by atoms with Crippen LogP contribution in [0.1, 0.15) is 5.56 Å². The summed E-state index contributed by atoms with van der Waals surface area (Å²) >= 11 is 5.73. The quantitative estimate of drug-likeness (QED) is 0.904. The first kappa shape index (κ1) is 17.7. The summed E-state index contributed by atoms with van der Waals surface area (Å²) in [6.45, 7) is 5.83. The molecule has 1 fully saturated rings. The summed E-state index contributed by atoms with van der Waals surface area (Å²) in [4.78, 5) is 16.6. The Morgan fingerprint density at radius 3 is 2.60 bits per heavy atom. The smallest absolute Gasteiger partial charge is 0.238 e. The van der Waals surface area contributed by atoms with Crippen LogP contribution in [0.5, 0.6) is 0 Å². The fraction of sp³-hybridized carbons (Fsp3) is 0.316. The number of nitrogens with zero attached hydrogens (tertiary/aromatic N) is 2. The fourth-order valence-corrected chi connectivity index (χ4v) is 3.15. The third-order valence-electron chi connectivity index (χ3n) is 4.31. The first-order valence-corrected chi connectivity index (χ1v) is 8.68. The van der Waals surface area contributed by atoms with Gasteiger partial charge in [0.2, 0.25) is 5.91 Å². The summed E-state index contributed by atoms with van der Waals surface area (Å²) < 4.78 is 13.2. The maximum atomic E-state index is 13.2. The number of halogens is 2. The number of rotatable bonds is 4. The van der Waals surface area contributed by atoms with E-state index in [1.54, 1.807) is 0 Å². The number of nitrogens with one attached hydrogen (secondary N) is 1. The van der Waals surface area contributed by atoms with Gasteiger partial charge < -0.3 is 10.2 Å². The second-order valence-electron chi connectivity index (χ2n) is 6.28. The lowest BCUT2D eigenvalue weighted by molar-refractivity contribution is -0.117. The number of aryl methyl sites for hydroxylation is 1. The van der Waals surface area contributed by atoms with Gasteiger partial charge in [0.1, 0.15) is 5.82 Å². The van der Waals surface area contributed by atoms with Crippen molar-refractivity contribution in [1.29, 1.82) is 0 Å². The lowest BCUT2D eigenvalue weighted by Gasteiger charge is -2.35. The van der Waals surface area contributed by atoms with Crippen molar-refractivity contribution in [3.63, 3.8) is 0 Å². The van der Waals surface area contributed by atoms with Gasteiger partial charge in [0.25, 0.3) is 0 Å². The molecule has 2 aromatic rings. The number of piperazine rings is 1. The minimum absolute atomic E-state index is 0.00423. The maximum Gasteiger partial charge on any atom is 0.238 e. The predicted molar refractivity (Wildman–Crippen MR) is 99.9 cm³/mol. The Hall–Kier alpha value is -2.11. The van der Waals surface area contributed by atoms with Gasteiger partial charge in [-0.2, -0.15) is 0 Å². The van der Waals surface area contributed by atoms with Crippen molar-refractivity contribution in [2.45, 2.75) is 6.92 Å². The normalized spacial score (nSPS) is 15.2. The third-order valence-corrected chi connectivity index (χ3v) is 4.60. The van der Waals surface area contributed by atoms with E-state index in [-0.39, 0.29) is 10.9 Å². The van der Waals surface area contributed by atoms with E-state index in [9.17, 15) is 9.18 Å². The van der Waals surface area contributed by atoms with Gasteiger partial charge in [0.05, 0.1) is 11.6 Å². The molecular weight excluding hydrogens is 341 g/mol. The first-order valence-electron chi connectivity index (χ1n) is 8.30. The lowest BCUT2D eigenvalue weighted by Crippen LogP contribution is -2.48. The van der Waals surface area contributed by atoms with Crippen LogP contribution in [0.3, 0.4) is 0 Å². The van der Waals surface area contributed by atoms with Gasteiger partial charge in [-0.1, -0.05) is 23.7 Å². The van der Waals surface area contributed by atoms with Crippen molar-refractivity contribution in [3.8, 4) is 0 Å². The van der Waals surface area contributed by atoms with Crippen LogP contribution in [0, 0.1) is 12.7 Å². The average Bonchev–Trinajstić information content (AvgIpc) is 2.59. The molecule has 132 valence electrons. The Bertz CT molecular complexity index is 760. The molecule has 6 heteroatoms. The Labute approximate surface area is 152 Å². The van der Waals surface area contributed by atoms with Crippen molar-refractivity contribution in [1.82, 2.24) is 4.90 Å². The highest BCUT2D eigenvalue weighted by atomic mass is 35.5.